The Hall–Kier alpha value is -3.46. The molecule has 10 heteroatoms. The first-order valence-electron chi connectivity index (χ1n) is 10.5. The molecule has 4 rings (SSSR count). The second-order valence-electron chi connectivity index (χ2n) is 9.03. The maximum absolute atomic E-state index is 13.9. The molecule has 2 heterocycles. The largest absolute Gasteiger partial charge is 0.477 e. The average molecular weight is 490 g/mol. The highest BCUT2D eigenvalue weighted by Crippen LogP contribution is 2.37. The van der Waals surface area contributed by atoms with E-state index in [0.717, 1.165) is 28.1 Å². The van der Waals surface area contributed by atoms with E-state index in [4.69, 9.17) is 11.6 Å². The van der Waals surface area contributed by atoms with Gasteiger partial charge in [-0.2, -0.15) is 0 Å². The molecule has 0 spiro atoms. The molecule has 3 aromatic rings. The first-order chi connectivity index (χ1) is 15.8. The highest BCUT2D eigenvalue weighted by molar-refractivity contribution is 6.32. The fraction of sp³-hybridized carbons (Fsp3) is 0.292. The van der Waals surface area contributed by atoms with Crippen LogP contribution in [0.3, 0.4) is 0 Å². The normalized spacial score (nSPS) is 14.5. The van der Waals surface area contributed by atoms with Gasteiger partial charge in [0.15, 0.2) is 0 Å². The number of carbonyl (C=O) groups is 1. The van der Waals surface area contributed by atoms with Crippen molar-refractivity contribution in [2.75, 3.05) is 11.9 Å². The minimum absolute atomic E-state index is 0.0892. The molecule has 1 aliphatic rings. The molecule has 34 heavy (non-hydrogen) atoms. The number of halogens is 3. The van der Waals surface area contributed by atoms with E-state index >= 15 is 0 Å². The lowest BCUT2D eigenvalue weighted by Gasteiger charge is -2.18. The van der Waals surface area contributed by atoms with Crippen LogP contribution in [0.5, 0.6) is 0 Å². The molecule has 2 N–H and O–H groups in total. The number of aromatic carboxylic acids is 1. The number of aromatic nitrogens is 2. The van der Waals surface area contributed by atoms with Gasteiger partial charge in [0.05, 0.1) is 17.3 Å². The standard InChI is InChI=1S/C24H22ClF2N3O4/c1-23(2)12-28-18-9-14(7-8-16(18)23)29-11-15(21(32)33)20(31)30(22(29)34)10-13-5-4-6-17(19(13)25)24(3,26)27/h4-9,11,28H,10,12H2,1-3H3,(H,32,33). The molecular weight excluding hydrogens is 468 g/mol. The van der Waals surface area contributed by atoms with Crippen LogP contribution in [0.2, 0.25) is 5.02 Å². The Balaban J connectivity index is 1.89. The summed E-state index contributed by atoms with van der Waals surface area (Å²) in [4.78, 5) is 37.9. The van der Waals surface area contributed by atoms with Gasteiger partial charge < -0.3 is 10.4 Å². The lowest BCUT2D eigenvalue weighted by molar-refractivity contribution is 0.0175. The molecule has 1 aliphatic heterocycles. The molecule has 1 aromatic heterocycles. The van der Waals surface area contributed by atoms with Crippen LogP contribution >= 0.6 is 11.6 Å². The number of fused-ring (bicyclic) bond motifs is 1. The minimum atomic E-state index is -3.24. The van der Waals surface area contributed by atoms with Crippen molar-refractivity contribution in [3.8, 4) is 5.69 Å². The third-order valence-corrected chi connectivity index (χ3v) is 6.46. The molecule has 7 nitrogen and oxygen atoms in total. The number of hydrogen-bond donors (Lipinski definition) is 2. The van der Waals surface area contributed by atoms with Crippen molar-refractivity contribution in [1.29, 1.82) is 0 Å². The molecule has 0 amide bonds. The van der Waals surface area contributed by atoms with Crippen molar-refractivity contribution < 1.29 is 18.7 Å². The van der Waals surface area contributed by atoms with E-state index in [1.807, 2.05) is 6.07 Å². The summed E-state index contributed by atoms with van der Waals surface area (Å²) in [5.41, 5.74) is -0.812. The second kappa shape index (κ2) is 8.09. The van der Waals surface area contributed by atoms with Gasteiger partial charge in [0.1, 0.15) is 5.56 Å². The van der Waals surface area contributed by atoms with Gasteiger partial charge in [-0.25, -0.2) is 18.4 Å². The van der Waals surface area contributed by atoms with Crippen LogP contribution in [0.15, 0.2) is 52.2 Å². The van der Waals surface area contributed by atoms with Gasteiger partial charge in [0.2, 0.25) is 0 Å². The van der Waals surface area contributed by atoms with E-state index in [0.29, 0.717) is 23.7 Å². The zero-order chi connectivity index (χ0) is 25.0. The van der Waals surface area contributed by atoms with Gasteiger partial charge in [-0.05, 0) is 23.3 Å². The number of nitrogens with one attached hydrogen (secondary N) is 1. The van der Waals surface area contributed by atoms with Crippen LogP contribution in [0, 0.1) is 0 Å². The number of nitrogens with zero attached hydrogens (tertiary/aromatic N) is 2. The fourth-order valence-corrected chi connectivity index (χ4v) is 4.47. The maximum atomic E-state index is 13.9. The van der Waals surface area contributed by atoms with E-state index in [2.05, 4.69) is 19.2 Å². The molecule has 0 bridgehead atoms. The first kappa shape index (κ1) is 23.7. The van der Waals surface area contributed by atoms with E-state index in [1.165, 1.54) is 12.1 Å². The lowest BCUT2D eigenvalue weighted by Crippen LogP contribution is -2.42. The lowest BCUT2D eigenvalue weighted by atomic mass is 9.87. The maximum Gasteiger partial charge on any atom is 0.342 e. The summed E-state index contributed by atoms with van der Waals surface area (Å²) in [6.07, 6.45) is 0.976. The quantitative estimate of drug-likeness (QED) is 0.560. The summed E-state index contributed by atoms with van der Waals surface area (Å²) in [6, 6.07) is 9.11. The van der Waals surface area contributed by atoms with Gasteiger partial charge in [0.25, 0.3) is 11.5 Å². The van der Waals surface area contributed by atoms with E-state index in [-0.39, 0.29) is 16.0 Å². The summed E-state index contributed by atoms with van der Waals surface area (Å²) in [5, 5.41) is 12.5. The van der Waals surface area contributed by atoms with Crippen LogP contribution in [0.4, 0.5) is 14.5 Å². The summed E-state index contributed by atoms with van der Waals surface area (Å²) in [7, 11) is 0. The van der Waals surface area contributed by atoms with Crippen LogP contribution in [0.1, 0.15) is 47.8 Å². The van der Waals surface area contributed by atoms with Crippen molar-refractivity contribution in [2.24, 2.45) is 0 Å². The number of hydrogen-bond acceptors (Lipinski definition) is 4. The zero-order valence-corrected chi connectivity index (χ0v) is 19.4. The second-order valence-corrected chi connectivity index (χ2v) is 9.40. The average Bonchev–Trinajstić information content (AvgIpc) is 3.05. The summed E-state index contributed by atoms with van der Waals surface area (Å²) in [5.74, 6) is -4.76. The Morgan fingerprint density at radius 1 is 1.24 bits per heavy atom. The molecule has 0 unspecified atom stereocenters. The third kappa shape index (κ3) is 4.00. The van der Waals surface area contributed by atoms with Crippen molar-refractivity contribution in [1.82, 2.24) is 9.13 Å². The molecule has 0 radical (unpaired) electrons. The molecule has 2 aromatic carbocycles. The summed E-state index contributed by atoms with van der Waals surface area (Å²) in [6.45, 7) is 5.04. The van der Waals surface area contributed by atoms with E-state index < -0.39 is 40.8 Å². The Morgan fingerprint density at radius 3 is 2.59 bits per heavy atom. The molecule has 178 valence electrons. The zero-order valence-electron chi connectivity index (χ0n) is 18.7. The van der Waals surface area contributed by atoms with Crippen molar-refractivity contribution in [2.45, 2.75) is 38.7 Å². The Labute approximate surface area is 198 Å². The van der Waals surface area contributed by atoms with E-state index in [9.17, 15) is 28.3 Å². The number of alkyl halides is 2. The van der Waals surface area contributed by atoms with Gasteiger partial charge in [-0.3, -0.25) is 13.9 Å². The number of rotatable bonds is 5. The number of carboxylic acids is 1. The fourth-order valence-electron chi connectivity index (χ4n) is 4.11. The summed E-state index contributed by atoms with van der Waals surface area (Å²) < 4.78 is 29.6. The predicted octanol–water partition coefficient (Wildman–Crippen LogP) is 4.21. The van der Waals surface area contributed by atoms with Crippen molar-refractivity contribution in [3.05, 3.63) is 90.7 Å². The number of anilines is 1. The van der Waals surface area contributed by atoms with Crippen LogP contribution < -0.4 is 16.6 Å². The molecule has 0 fully saturated rings. The predicted molar refractivity (Wildman–Crippen MR) is 125 cm³/mol. The van der Waals surface area contributed by atoms with Gasteiger partial charge >= 0.3 is 11.7 Å². The topological polar surface area (TPSA) is 93.3 Å². The smallest absolute Gasteiger partial charge is 0.342 e. The monoisotopic (exact) mass is 489 g/mol. The molecule has 0 saturated carbocycles. The first-order valence-corrected chi connectivity index (χ1v) is 10.8. The van der Waals surface area contributed by atoms with Crippen molar-refractivity contribution in [3.63, 3.8) is 0 Å². The van der Waals surface area contributed by atoms with Gasteiger partial charge in [-0.1, -0.05) is 49.7 Å². The molecule has 0 atom stereocenters. The van der Waals surface area contributed by atoms with Crippen LogP contribution in [-0.2, 0) is 17.9 Å². The number of carboxylic acid groups (broad SMARTS) is 1. The highest BCUT2D eigenvalue weighted by atomic mass is 35.5. The SMILES string of the molecule is CC(F)(F)c1cccc(Cn2c(=O)c(C(=O)O)cn(-c3ccc4c(c3)NCC4(C)C)c2=O)c1Cl. The number of benzene rings is 2. The third-order valence-electron chi connectivity index (χ3n) is 6.01. The van der Waals surface area contributed by atoms with Gasteiger partial charge in [-0.15, -0.1) is 0 Å². The molecule has 0 saturated heterocycles. The molecular formula is C24H22ClF2N3O4. The van der Waals surface area contributed by atoms with E-state index in [1.54, 1.807) is 12.1 Å². The molecule has 0 aliphatic carbocycles. The highest BCUT2D eigenvalue weighted by Gasteiger charge is 2.31. The Kier molecular flexibility index (Phi) is 5.64. The van der Waals surface area contributed by atoms with Gasteiger partial charge in [0, 0.05) is 36.3 Å². The Bertz CT molecular complexity index is 1440. The Morgan fingerprint density at radius 2 is 1.94 bits per heavy atom. The summed E-state index contributed by atoms with van der Waals surface area (Å²) >= 11 is 6.17. The van der Waals surface area contributed by atoms with Crippen molar-refractivity contribution >= 4 is 23.3 Å². The van der Waals surface area contributed by atoms with Crippen LogP contribution in [0.25, 0.3) is 5.69 Å². The van der Waals surface area contributed by atoms with Crippen LogP contribution in [-0.4, -0.2) is 26.8 Å². The minimum Gasteiger partial charge on any atom is -0.477 e.